The predicted molar refractivity (Wildman–Crippen MR) is 73.5 cm³/mol. The third-order valence-electron chi connectivity index (χ3n) is 3.78. The monoisotopic (exact) mass is 262 g/mol. The van der Waals surface area contributed by atoms with Crippen LogP contribution in [0.5, 0.6) is 0 Å². The summed E-state index contributed by atoms with van der Waals surface area (Å²) in [6.07, 6.45) is 0. The van der Waals surface area contributed by atoms with E-state index in [1.165, 1.54) is 12.1 Å². The second kappa shape index (κ2) is 4.94. The molecule has 1 saturated heterocycles. The molecule has 2 heterocycles. The van der Waals surface area contributed by atoms with Gasteiger partial charge in [0.1, 0.15) is 17.2 Å². The van der Waals surface area contributed by atoms with Gasteiger partial charge in [-0.1, -0.05) is 0 Å². The molecule has 1 aromatic carbocycles. The van der Waals surface area contributed by atoms with Gasteiger partial charge in [0, 0.05) is 30.6 Å². The molecule has 19 heavy (non-hydrogen) atoms. The zero-order valence-electron chi connectivity index (χ0n) is 11.3. The van der Waals surface area contributed by atoms with E-state index in [1.807, 2.05) is 6.07 Å². The highest BCUT2D eigenvalue weighted by Gasteiger charge is 2.23. The average Bonchev–Trinajstić information content (AvgIpc) is 2.75. The molecule has 4 heteroatoms. The zero-order valence-corrected chi connectivity index (χ0v) is 11.3. The van der Waals surface area contributed by atoms with Crippen molar-refractivity contribution in [2.45, 2.75) is 32.5 Å². The molecule has 0 aliphatic carbocycles. The lowest BCUT2D eigenvalue weighted by Crippen LogP contribution is -2.53. The summed E-state index contributed by atoms with van der Waals surface area (Å²) in [4.78, 5) is 2.40. The smallest absolute Gasteiger partial charge is 0.134 e. The minimum absolute atomic E-state index is 0.219. The maximum atomic E-state index is 13.2. The summed E-state index contributed by atoms with van der Waals surface area (Å²) in [6, 6.07) is 7.58. The fourth-order valence-electron chi connectivity index (χ4n) is 2.66. The van der Waals surface area contributed by atoms with Gasteiger partial charge in [-0.25, -0.2) is 4.39 Å². The van der Waals surface area contributed by atoms with Crippen LogP contribution in [0.2, 0.25) is 0 Å². The van der Waals surface area contributed by atoms with E-state index in [0.717, 1.165) is 36.4 Å². The molecule has 0 amide bonds. The van der Waals surface area contributed by atoms with Crippen LogP contribution in [0.4, 0.5) is 4.39 Å². The fourth-order valence-corrected chi connectivity index (χ4v) is 2.66. The second-order valence-electron chi connectivity index (χ2n) is 5.48. The molecular formula is C15H19FN2O. The highest BCUT2D eigenvalue weighted by Crippen LogP contribution is 2.22. The summed E-state index contributed by atoms with van der Waals surface area (Å²) >= 11 is 0. The number of halogens is 1. The van der Waals surface area contributed by atoms with Crippen molar-refractivity contribution in [3.05, 3.63) is 35.8 Å². The molecule has 1 N–H and O–H groups in total. The van der Waals surface area contributed by atoms with Gasteiger partial charge in [0.15, 0.2) is 0 Å². The first-order chi connectivity index (χ1) is 9.11. The summed E-state index contributed by atoms with van der Waals surface area (Å²) < 4.78 is 18.9. The topological polar surface area (TPSA) is 28.4 Å². The number of nitrogens with one attached hydrogen (secondary N) is 1. The molecule has 1 aliphatic heterocycles. The number of hydrogen-bond donors (Lipinski definition) is 1. The Morgan fingerprint density at radius 1 is 1.37 bits per heavy atom. The Labute approximate surface area is 112 Å². The first-order valence-electron chi connectivity index (χ1n) is 6.77. The summed E-state index contributed by atoms with van der Waals surface area (Å²) in [5, 5.41) is 4.30. The van der Waals surface area contributed by atoms with Crippen LogP contribution < -0.4 is 5.32 Å². The van der Waals surface area contributed by atoms with Crippen molar-refractivity contribution < 1.29 is 8.81 Å². The van der Waals surface area contributed by atoms with Gasteiger partial charge in [-0.2, -0.15) is 0 Å². The van der Waals surface area contributed by atoms with Crippen molar-refractivity contribution in [3.8, 4) is 0 Å². The van der Waals surface area contributed by atoms with Crippen molar-refractivity contribution in [1.29, 1.82) is 0 Å². The Hall–Kier alpha value is -1.39. The number of furan rings is 1. The number of nitrogens with zero attached hydrogens (tertiary/aromatic N) is 1. The van der Waals surface area contributed by atoms with Gasteiger partial charge in [-0.3, -0.25) is 4.90 Å². The molecule has 2 atom stereocenters. The van der Waals surface area contributed by atoms with E-state index in [1.54, 1.807) is 6.07 Å². The van der Waals surface area contributed by atoms with E-state index in [9.17, 15) is 4.39 Å². The largest absolute Gasteiger partial charge is 0.460 e. The van der Waals surface area contributed by atoms with Crippen LogP contribution >= 0.6 is 0 Å². The van der Waals surface area contributed by atoms with E-state index >= 15 is 0 Å². The third-order valence-corrected chi connectivity index (χ3v) is 3.78. The van der Waals surface area contributed by atoms with Gasteiger partial charge in [-0.05, 0) is 38.1 Å². The normalized spacial score (nSPS) is 25.0. The fraction of sp³-hybridized carbons (Fsp3) is 0.467. The molecule has 2 aromatic rings. The Balaban J connectivity index is 1.80. The van der Waals surface area contributed by atoms with E-state index in [-0.39, 0.29) is 5.82 Å². The number of rotatable bonds is 2. The molecule has 2 unspecified atom stereocenters. The molecule has 1 fully saturated rings. The lowest BCUT2D eigenvalue weighted by atomic mass is 10.1. The van der Waals surface area contributed by atoms with Gasteiger partial charge in [0.05, 0.1) is 6.54 Å². The minimum Gasteiger partial charge on any atom is -0.460 e. The molecule has 0 saturated carbocycles. The number of piperazine rings is 1. The van der Waals surface area contributed by atoms with Crippen molar-refractivity contribution in [3.63, 3.8) is 0 Å². The first kappa shape index (κ1) is 12.6. The summed E-state index contributed by atoms with van der Waals surface area (Å²) in [6.45, 7) is 7.18. The third kappa shape index (κ3) is 2.65. The maximum Gasteiger partial charge on any atom is 0.134 e. The Kier molecular flexibility index (Phi) is 3.29. The van der Waals surface area contributed by atoms with Crippen LogP contribution in [-0.2, 0) is 6.54 Å². The van der Waals surface area contributed by atoms with Gasteiger partial charge < -0.3 is 9.73 Å². The van der Waals surface area contributed by atoms with Crippen LogP contribution in [0.3, 0.4) is 0 Å². The first-order valence-corrected chi connectivity index (χ1v) is 6.77. The molecule has 3 nitrogen and oxygen atoms in total. The Morgan fingerprint density at radius 2 is 2.21 bits per heavy atom. The highest BCUT2D eigenvalue weighted by atomic mass is 19.1. The molecule has 1 aliphatic rings. The lowest BCUT2D eigenvalue weighted by molar-refractivity contribution is 0.130. The van der Waals surface area contributed by atoms with Gasteiger partial charge in [0.25, 0.3) is 0 Å². The van der Waals surface area contributed by atoms with Gasteiger partial charge in [0.2, 0.25) is 0 Å². The molecule has 0 spiro atoms. The number of benzene rings is 1. The average molecular weight is 262 g/mol. The van der Waals surface area contributed by atoms with Crippen LogP contribution in [0.15, 0.2) is 28.7 Å². The number of hydrogen-bond acceptors (Lipinski definition) is 3. The van der Waals surface area contributed by atoms with Crippen LogP contribution in [0.25, 0.3) is 11.0 Å². The Morgan fingerprint density at radius 3 is 3.05 bits per heavy atom. The molecule has 0 bridgehead atoms. The van der Waals surface area contributed by atoms with Crippen molar-refractivity contribution >= 4 is 11.0 Å². The standard InChI is InChI=1S/C15H19FN2O/c1-10-8-18(11(2)7-17-10)9-14-6-12-5-13(16)3-4-15(12)19-14/h3-6,10-11,17H,7-9H2,1-2H3. The van der Waals surface area contributed by atoms with Crippen LogP contribution in [0, 0.1) is 5.82 Å². The summed E-state index contributed by atoms with van der Waals surface area (Å²) in [5.41, 5.74) is 0.757. The SMILES string of the molecule is CC1CN(Cc2cc3cc(F)ccc3o2)C(C)CN1. The van der Waals surface area contributed by atoms with Crippen molar-refractivity contribution in [2.24, 2.45) is 0 Å². The molecule has 0 radical (unpaired) electrons. The van der Waals surface area contributed by atoms with E-state index in [2.05, 4.69) is 24.1 Å². The zero-order chi connectivity index (χ0) is 13.4. The molecule has 1 aromatic heterocycles. The molecular weight excluding hydrogens is 243 g/mol. The summed E-state index contributed by atoms with van der Waals surface area (Å²) in [5.74, 6) is 0.686. The Bertz CT molecular complexity index is 581. The molecule has 102 valence electrons. The van der Waals surface area contributed by atoms with E-state index in [4.69, 9.17) is 4.42 Å². The van der Waals surface area contributed by atoms with Crippen LogP contribution in [0.1, 0.15) is 19.6 Å². The highest BCUT2D eigenvalue weighted by molar-refractivity contribution is 5.77. The maximum absolute atomic E-state index is 13.2. The van der Waals surface area contributed by atoms with E-state index in [0.29, 0.717) is 12.1 Å². The minimum atomic E-state index is -0.219. The molecule has 3 rings (SSSR count). The second-order valence-corrected chi connectivity index (χ2v) is 5.48. The summed E-state index contributed by atoms with van der Waals surface area (Å²) in [7, 11) is 0. The lowest BCUT2D eigenvalue weighted by Gasteiger charge is -2.36. The van der Waals surface area contributed by atoms with E-state index < -0.39 is 0 Å². The predicted octanol–water partition coefficient (Wildman–Crippen LogP) is 2.75. The van der Waals surface area contributed by atoms with Gasteiger partial charge in [-0.15, -0.1) is 0 Å². The van der Waals surface area contributed by atoms with Crippen LogP contribution in [-0.4, -0.2) is 30.1 Å². The van der Waals surface area contributed by atoms with Crippen molar-refractivity contribution in [1.82, 2.24) is 10.2 Å². The van der Waals surface area contributed by atoms with Crippen molar-refractivity contribution in [2.75, 3.05) is 13.1 Å². The quantitative estimate of drug-likeness (QED) is 0.902. The number of fused-ring (bicyclic) bond motifs is 1. The van der Waals surface area contributed by atoms with Gasteiger partial charge >= 0.3 is 0 Å².